The minimum atomic E-state index is 0.778. The number of para-hydroxylation sites is 1. The van der Waals surface area contributed by atoms with E-state index in [1.54, 1.807) is 11.3 Å². The molecule has 0 bridgehead atoms. The maximum absolute atomic E-state index is 4.81. The average Bonchev–Trinajstić information content (AvgIpc) is 3.33. The summed E-state index contributed by atoms with van der Waals surface area (Å²) >= 11 is 1.60. The number of aryl methyl sites for hydroxylation is 2. The van der Waals surface area contributed by atoms with Crippen molar-refractivity contribution in [2.75, 3.05) is 31.1 Å². The number of benzene rings is 2. The molecule has 4 aromatic rings. The van der Waals surface area contributed by atoms with Crippen LogP contribution in [-0.2, 0) is 6.54 Å². The van der Waals surface area contributed by atoms with E-state index in [2.05, 4.69) is 82.4 Å². The first kappa shape index (κ1) is 18.3. The van der Waals surface area contributed by atoms with Crippen LogP contribution in [0.15, 0.2) is 48.5 Å². The number of aromatic nitrogens is 4. The van der Waals surface area contributed by atoms with Crippen LogP contribution in [0.5, 0.6) is 0 Å². The van der Waals surface area contributed by atoms with Gasteiger partial charge in [-0.2, -0.15) is 9.61 Å². The molecule has 0 saturated carbocycles. The minimum Gasteiger partial charge on any atom is -0.369 e. The lowest BCUT2D eigenvalue weighted by atomic mass is 10.1. The zero-order valence-corrected chi connectivity index (χ0v) is 17.6. The first-order valence-electron chi connectivity index (χ1n) is 9.98. The zero-order chi connectivity index (χ0) is 19.8. The van der Waals surface area contributed by atoms with Gasteiger partial charge in [-0.25, -0.2) is 0 Å². The predicted molar refractivity (Wildman–Crippen MR) is 118 cm³/mol. The van der Waals surface area contributed by atoms with Gasteiger partial charge in [-0.1, -0.05) is 41.7 Å². The number of rotatable bonds is 4. The molecular formula is C22H24N6S. The van der Waals surface area contributed by atoms with Gasteiger partial charge in [0.25, 0.3) is 0 Å². The van der Waals surface area contributed by atoms with Gasteiger partial charge >= 0.3 is 0 Å². The molecule has 0 amide bonds. The van der Waals surface area contributed by atoms with Crippen LogP contribution in [0.3, 0.4) is 0 Å². The summed E-state index contributed by atoms with van der Waals surface area (Å²) in [6, 6.07) is 17.1. The van der Waals surface area contributed by atoms with Gasteiger partial charge in [-0.15, -0.1) is 10.2 Å². The van der Waals surface area contributed by atoms with E-state index in [9.17, 15) is 0 Å². The lowest BCUT2D eigenvalue weighted by molar-refractivity contribution is 0.242. The lowest BCUT2D eigenvalue weighted by Gasteiger charge is -2.35. The van der Waals surface area contributed by atoms with E-state index in [-0.39, 0.29) is 0 Å². The second-order valence-electron chi connectivity index (χ2n) is 7.62. The van der Waals surface area contributed by atoms with Crippen molar-refractivity contribution in [2.24, 2.45) is 0 Å². The van der Waals surface area contributed by atoms with Crippen molar-refractivity contribution in [3.63, 3.8) is 0 Å². The predicted octanol–water partition coefficient (Wildman–Crippen LogP) is 3.79. The molecule has 29 heavy (non-hydrogen) atoms. The van der Waals surface area contributed by atoms with Crippen molar-refractivity contribution in [3.05, 3.63) is 65.5 Å². The topological polar surface area (TPSA) is 49.6 Å². The summed E-state index contributed by atoms with van der Waals surface area (Å²) in [5, 5.41) is 14.6. The summed E-state index contributed by atoms with van der Waals surface area (Å²) in [4.78, 5) is 5.73. The highest BCUT2D eigenvalue weighted by Gasteiger charge is 2.20. The van der Waals surface area contributed by atoms with Crippen molar-refractivity contribution in [2.45, 2.75) is 20.4 Å². The van der Waals surface area contributed by atoms with Crippen molar-refractivity contribution in [1.29, 1.82) is 0 Å². The van der Waals surface area contributed by atoms with Gasteiger partial charge in [0.15, 0.2) is 5.82 Å². The Kier molecular flexibility index (Phi) is 4.77. The van der Waals surface area contributed by atoms with Gasteiger partial charge in [0.05, 0.1) is 6.54 Å². The molecular weight excluding hydrogens is 380 g/mol. The largest absolute Gasteiger partial charge is 0.369 e. The Morgan fingerprint density at radius 1 is 0.897 bits per heavy atom. The fourth-order valence-corrected chi connectivity index (χ4v) is 4.60. The smallest absolute Gasteiger partial charge is 0.235 e. The number of hydrogen-bond donors (Lipinski definition) is 0. The van der Waals surface area contributed by atoms with Gasteiger partial charge in [0.2, 0.25) is 4.96 Å². The number of piperazine rings is 1. The molecule has 0 unspecified atom stereocenters. The molecule has 1 aliphatic rings. The maximum atomic E-state index is 4.81. The van der Waals surface area contributed by atoms with Gasteiger partial charge < -0.3 is 4.90 Å². The van der Waals surface area contributed by atoms with Crippen LogP contribution in [-0.4, -0.2) is 50.9 Å². The molecule has 0 N–H and O–H groups in total. The molecule has 148 valence electrons. The highest BCUT2D eigenvalue weighted by molar-refractivity contribution is 7.19. The van der Waals surface area contributed by atoms with Crippen LogP contribution in [0.4, 0.5) is 5.69 Å². The maximum Gasteiger partial charge on any atom is 0.235 e. The highest BCUT2D eigenvalue weighted by atomic mass is 32.1. The first-order valence-corrected chi connectivity index (χ1v) is 10.8. The molecule has 0 atom stereocenters. The van der Waals surface area contributed by atoms with Crippen LogP contribution in [0.25, 0.3) is 15.5 Å². The van der Waals surface area contributed by atoms with Crippen molar-refractivity contribution in [3.8, 4) is 10.6 Å². The Labute approximate surface area is 174 Å². The van der Waals surface area contributed by atoms with Crippen LogP contribution in [0.1, 0.15) is 17.0 Å². The minimum absolute atomic E-state index is 0.778. The van der Waals surface area contributed by atoms with Gasteiger partial charge in [0, 0.05) is 37.4 Å². The number of fused-ring (bicyclic) bond motifs is 1. The third-order valence-electron chi connectivity index (χ3n) is 5.67. The van der Waals surface area contributed by atoms with Gasteiger partial charge in [0.1, 0.15) is 5.01 Å². The van der Waals surface area contributed by atoms with Gasteiger partial charge in [-0.05, 0) is 43.2 Å². The lowest BCUT2D eigenvalue weighted by Crippen LogP contribution is -2.46. The fourth-order valence-electron chi connectivity index (χ4n) is 3.75. The second kappa shape index (κ2) is 7.57. The number of hydrogen-bond acceptors (Lipinski definition) is 6. The summed E-state index contributed by atoms with van der Waals surface area (Å²) in [6.45, 7) is 9.12. The van der Waals surface area contributed by atoms with E-state index in [1.165, 1.54) is 16.8 Å². The third kappa shape index (κ3) is 3.63. The van der Waals surface area contributed by atoms with Crippen LogP contribution >= 0.6 is 11.3 Å². The summed E-state index contributed by atoms with van der Waals surface area (Å²) in [6.07, 6.45) is 0. The molecule has 0 spiro atoms. The molecule has 1 aliphatic heterocycles. The SMILES string of the molecule is Cc1ccc(-c2nn3c(CN4CCN(c5ccccc5)CC4)nnc3s2)cc1C. The van der Waals surface area contributed by atoms with Crippen molar-refractivity contribution in [1.82, 2.24) is 24.7 Å². The summed E-state index contributed by atoms with van der Waals surface area (Å²) < 4.78 is 1.92. The molecule has 3 heterocycles. The summed E-state index contributed by atoms with van der Waals surface area (Å²) in [5.74, 6) is 0.916. The molecule has 1 fully saturated rings. The van der Waals surface area contributed by atoms with E-state index < -0.39 is 0 Å². The van der Waals surface area contributed by atoms with E-state index >= 15 is 0 Å². The highest BCUT2D eigenvalue weighted by Crippen LogP contribution is 2.27. The van der Waals surface area contributed by atoms with Crippen molar-refractivity contribution >= 4 is 22.0 Å². The van der Waals surface area contributed by atoms with Crippen molar-refractivity contribution < 1.29 is 0 Å². The van der Waals surface area contributed by atoms with Crippen LogP contribution in [0, 0.1) is 13.8 Å². The van der Waals surface area contributed by atoms with E-state index in [1.807, 2.05) is 4.52 Å². The number of nitrogens with zero attached hydrogens (tertiary/aromatic N) is 6. The Morgan fingerprint density at radius 2 is 1.69 bits per heavy atom. The zero-order valence-electron chi connectivity index (χ0n) is 16.7. The van der Waals surface area contributed by atoms with E-state index in [0.717, 1.165) is 54.1 Å². The first-order chi connectivity index (χ1) is 14.2. The van der Waals surface area contributed by atoms with Crippen LogP contribution in [0.2, 0.25) is 0 Å². The standard InChI is InChI=1S/C22H24N6S/c1-16-8-9-18(14-17(16)2)21-25-28-20(23-24-22(28)29-21)15-26-10-12-27(13-11-26)19-6-4-3-5-7-19/h3-9,14H,10-13,15H2,1-2H3. The Morgan fingerprint density at radius 3 is 2.45 bits per heavy atom. The summed E-state index contributed by atoms with van der Waals surface area (Å²) in [7, 11) is 0. The monoisotopic (exact) mass is 404 g/mol. The molecule has 0 aliphatic carbocycles. The quantitative estimate of drug-likeness (QED) is 0.518. The number of anilines is 1. The summed E-state index contributed by atoms with van der Waals surface area (Å²) in [5.41, 5.74) is 5.03. The normalized spacial score (nSPS) is 15.3. The molecule has 5 rings (SSSR count). The third-order valence-corrected chi connectivity index (χ3v) is 6.62. The Balaban J connectivity index is 1.30. The molecule has 2 aromatic heterocycles. The van der Waals surface area contributed by atoms with Gasteiger partial charge in [-0.3, -0.25) is 4.90 Å². The van der Waals surface area contributed by atoms with E-state index in [0.29, 0.717) is 0 Å². The molecule has 1 saturated heterocycles. The average molecular weight is 405 g/mol. The second-order valence-corrected chi connectivity index (χ2v) is 8.57. The molecule has 7 heteroatoms. The Hall–Kier alpha value is -2.77. The fraction of sp³-hybridized carbons (Fsp3) is 0.318. The molecule has 0 radical (unpaired) electrons. The molecule has 2 aromatic carbocycles. The van der Waals surface area contributed by atoms with Crippen LogP contribution < -0.4 is 4.90 Å². The molecule has 6 nitrogen and oxygen atoms in total. The Bertz CT molecular complexity index is 1120. The van der Waals surface area contributed by atoms with E-state index in [4.69, 9.17) is 5.10 Å².